The Morgan fingerprint density at radius 3 is 2.17 bits per heavy atom. The van der Waals surface area contributed by atoms with Crippen LogP contribution in [0.4, 0.5) is 0 Å². The maximum absolute atomic E-state index is 12.3. The van der Waals surface area contributed by atoms with E-state index < -0.39 is 0 Å². The molecule has 0 fully saturated rings. The molecular formula is C20H14NOS-. The molecular weight excluding hydrogens is 302 g/mol. The van der Waals surface area contributed by atoms with Crippen LogP contribution in [0.25, 0.3) is 22.0 Å². The van der Waals surface area contributed by atoms with Gasteiger partial charge in [0.1, 0.15) is 0 Å². The summed E-state index contributed by atoms with van der Waals surface area (Å²) < 4.78 is 0.965. The smallest absolute Gasteiger partial charge is 0.0450 e. The van der Waals surface area contributed by atoms with Crippen molar-refractivity contribution in [2.24, 2.45) is 0 Å². The molecule has 1 aromatic heterocycles. The predicted octanol–water partition coefficient (Wildman–Crippen LogP) is 5.81. The molecule has 23 heavy (non-hydrogen) atoms. The van der Waals surface area contributed by atoms with Gasteiger partial charge in [-0.15, -0.1) is 0 Å². The third kappa shape index (κ3) is 2.71. The minimum Gasteiger partial charge on any atom is -0.806 e. The first kappa shape index (κ1) is 14.0. The Bertz CT molecular complexity index is 945. The molecule has 3 aromatic carbocycles. The van der Waals surface area contributed by atoms with E-state index in [9.17, 15) is 5.21 Å². The topological polar surface area (TPSA) is 28.0 Å². The summed E-state index contributed by atoms with van der Waals surface area (Å²) in [5.74, 6) is 0. The normalized spacial score (nSPS) is 11.0. The van der Waals surface area contributed by atoms with Gasteiger partial charge in [-0.2, -0.15) is 0 Å². The lowest BCUT2D eigenvalue weighted by molar-refractivity contribution is 1.15. The Labute approximate surface area is 139 Å². The third-order valence-corrected chi connectivity index (χ3v) is 4.80. The van der Waals surface area contributed by atoms with Gasteiger partial charge in [-0.25, -0.2) is 0 Å². The van der Waals surface area contributed by atoms with Crippen molar-refractivity contribution in [1.29, 1.82) is 0 Å². The van der Waals surface area contributed by atoms with Crippen molar-refractivity contribution in [2.75, 3.05) is 0 Å². The molecule has 0 saturated heterocycles. The van der Waals surface area contributed by atoms with Gasteiger partial charge in [-0.05, 0) is 29.8 Å². The first-order valence-corrected chi connectivity index (χ1v) is 8.24. The second kappa shape index (κ2) is 5.86. The number of hydrogen-bond donors (Lipinski definition) is 0. The molecule has 0 N–H and O–H groups in total. The molecule has 2 nitrogen and oxygen atoms in total. The summed E-state index contributed by atoms with van der Waals surface area (Å²) in [4.78, 5) is 2.23. The third-order valence-electron chi connectivity index (χ3n) is 3.81. The Kier molecular flexibility index (Phi) is 3.56. The fraction of sp³-hybridized carbons (Fsp3) is 0. The highest BCUT2D eigenvalue weighted by molar-refractivity contribution is 7.99. The summed E-state index contributed by atoms with van der Waals surface area (Å²) in [7, 11) is 0. The van der Waals surface area contributed by atoms with Crippen LogP contribution in [0.15, 0.2) is 94.9 Å². The molecule has 4 aromatic rings. The zero-order chi connectivity index (χ0) is 15.6. The molecule has 0 spiro atoms. The maximum atomic E-state index is 12.3. The van der Waals surface area contributed by atoms with E-state index in [0.717, 1.165) is 26.1 Å². The van der Waals surface area contributed by atoms with Crippen LogP contribution in [0.3, 0.4) is 0 Å². The standard InChI is InChI=1S/C20H14NOS/c22-21-14-19(15-7-3-1-4-8-15)18-12-11-17(13-20(18)21)23-16-9-5-2-6-10-16/h1-14H/q-1. The van der Waals surface area contributed by atoms with Crippen LogP contribution in [-0.2, 0) is 0 Å². The van der Waals surface area contributed by atoms with Crippen molar-refractivity contribution in [3.63, 3.8) is 0 Å². The number of hydrogen-bond acceptors (Lipinski definition) is 2. The van der Waals surface area contributed by atoms with E-state index in [1.807, 2.05) is 60.7 Å². The minimum absolute atomic E-state index is 0.713. The number of fused-ring (bicyclic) bond motifs is 1. The summed E-state index contributed by atoms with van der Waals surface area (Å²) in [6, 6.07) is 26.3. The summed E-state index contributed by atoms with van der Waals surface area (Å²) in [5.41, 5.74) is 2.76. The molecule has 0 unspecified atom stereocenters. The lowest BCUT2D eigenvalue weighted by Gasteiger charge is -2.08. The van der Waals surface area contributed by atoms with Crippen LogP contribution in [-0.4, -0.2) is 4.73 Å². The molecule has 1 heterocycles. The Morgan fingerprint density at radius 1 is 0.739 bits per heavy atom. The van der Waals surface area contributed by atoms with Gasteiger partial charge in [0.15, 0.2) is 0 Å². The lowest BCUT2D eigenvalue weighted by atomic mass is 10.1. The van der Waals surface area contributed by atoms with Gasteiger partial charge < -0.3 is 9.94 Å². The van der Waals surface area contributed by atoms with Crippen molar-refractivity contribution < 1.29 is 0 Å². The predicted molar refractivity (Wildman–Crippen MR) is 96.7 cm³/mol. The van der Waals surface area contributed by atoms with Gasteiger partial charge in [0, 0.05) is 32.5 Å². The van der Waals surface area contributed by atoms with Crippen LogP contribution in [0.5, 0.6) is 0 Å². The lowest BCUT2D eigenvalue weighted by Crippen LogP contribution is -1.81. The van der Waals surface area contributed by atoms with Gasteiger partial charge in [-0.1, -0.05) is 66.4 Å². The van der Waals surface area contributed by atoms with E-state index in [1.165, 1.54) is 4.90 Å². The van der Waals surface area contributed by atoms with E-state index in [-0.39, 0.29) is 0 Å². The van der Waals surface area contributed by atoms with Crippen LogP contribution >= 0.6 is 11.8 Å². The zero-order valence-corrected chi connectivity index (χ0v) is 13.2. The molecule has 0 bridgehead atoms. The Hall–Kier alpha value is -2.65. The Balaban J connectivity index is 1.77. The first-order chi connectivity index (χ1) is 11.3. The number of benzene rings is 3. The molecule has 4 rings (SSSR count). The minimum atomic E-state index is 0.713. The molecule has 0 aliphatic rings. The van der Waals surface area contributed by atoms with E-state index in [2.05, 4.69) is 18.2 Å². The second-order valence-electron chi connectivity index (χ2n) is 5.33. The average Bonchev–Trinajstić information content (AvgIpc) is 2.93. The van der Waals surface area contributed by atoms with Gasteiger partial charge in [0.25, 0.3) is 0 Å². The molecule has 0 amide bonds. The van der Waals surface area contributed by atoms with E-state index in [4.69, 9.17) is 0 Å². The van der Waals surface area contributed by atoms with Gasteiger partial charge >= 0.3 is 0 Å². The fourth-order valence-electron chi connectivity index (χ4n) is 2.71. The molecule has 0 saturated carbocycles. The van der Waals surface area contributed by atoms with Crippen molar-refractivity contribution >= 4 is 22.7 Å². The molecule has 0 aliphatic heterocycles. The maximum Gasteiger partial charge on any atom is 0.0450 e. The summed E-state index contributed by atoms with van der Waals surface area (Å²) in [5, 5.41) is 13.3. The number of aromatic nitrogens is 1. The quantitative estimate of drug-likeness (QED) is 0.477. The first-order valence-electron chi connectivity index (χ1n) is 7.42. The SMILES string of the molecule is [O-]n1cc(-c2ccccc2)c2ccc(Sc3ccccc3)cc21. The highest BCUT2D eigenvalue weighted by Gasteiger charge is 2.08. The molecule has 0 aliphatic carbocycles. The fourth-order valence-corrected chi connectivity index (χ4v) is 3.59. The molecule has 0 radical (unpaired) electrons. The van der Waals surface area contributed by atoms with Crippen LogP contribution < -0.4 is 0 Å². The van der Waals surface area contributed by atoms with E-state index in [1.54, 1.807) is 18.0 Å². The van der Waals surface area contributed by atoms with Gasteiger partial charge in [0.2, 0.25) is 0 Å². The van der Waals surface area contributed by atoms with Gasteiger partial charge in [-0.3, -0.25) is 0 Å². The highest BCUT2D eigenvalue weighted by atomic mass is 32.2. The van der Waals surface area contributed by atoms with E-state index >= 15 is 0 Å². The highest BCUT2D eigenvalue weighted by Crippen LogP contribution is 2.34. The molecule has 112 valence electrons. The van der Waals surface area contributed by atoms with E-state index in [0.29, 0.717) is 5.52 Å². The molecule has 0 atom stereocenters. The Morgan fingerprint density at radius 2 is 1.43 bits per heavy atom. The average molecular weight is 316 g/mol. The summed E-state index contributed by atoms with van der Waals surface area (Å²) in [6.07, 6.45) is 1.66. The monoisotopic (exact) mass is 316 g/mol. The zero-order valence-electron chi connectivity index (χ0n) is 12.3. The number of nitrogens with zero attached hydrogens (tertiary/aromatic N) is 1. The van der Waals surface area contributed by atoms with Crippen LogP contribution in [0, 0.1) is 5.21 Å². The van der Waals surface area contributed by atoms with Crippen molar-refractivity contribution in [1.82, 2.24) is 4.73 Å². The van der Waals surface area contributed by atoms with Crippen molar-refractivity contribution in [3.05, 3.63) is 90.3 Å². The van der Waals surface area contributed by atoms with Gasteiger partial charge in [0.05, 0.1) is 0 Å². The van der Waals surface area contributed by atoms with Crippen LogP contribution in [0.1, 0.15) is 0 Å². The summed E-state index contributed by atoms with van der Waals surface area (Å²) in [6.45, 7) is 0. The summed E-state index contributed by atoms with van der Waals surface area (Å²) >= 11 is 1.66. The second-order valence-corrected chi connectivity index (χ2v) is 6.48. The largest absolute Gasteiger partial charge is 0.806 e. The van der Waals surface area contributed by atoms with Crippen molar-refractivity contribution in [3.8, 4) is 11.1 Å². The number of rotatable bonds is 3. The van der Waals surface area contributed by atoms with Crippen molar-refractivity contribution in [2.45, 2.75) is 9.79 Å². The van der Waals surface area contributed by atoms with Crippen LogP contribution in [0.2, 0.25) is 0 Å². The molecule has 3 heteroatoms.